The van der Waals surface area contributed by atoms with Crippen LogP contribution in [0.3, 0.4) is 0 Å². The second-order valence-electron chi connectivity index (χ2n) is 5.22. The molecule has 0 aromatic heterocycles. The second-order valence-corrected chi connectivity index (χ2v) is 6.20. The molecule has 0 saturated heterocycles. The fourth-order valence-electron chi connectivity index (χ4n) is 1.66. The Hall–Kier alpha value is 0.350. The van der Waals surface area contributed by atoms with E-state index in [1.807, 2.05) is 18.8 Å². The van der Waals surface area contributed by atoms with Crippen LogP contribution in [0, 0.1) is 5.92 Å². The van der Waals surface area contributed by atoms with E-state index in [4.69, 9.17) is 0 Å². The van der Waals surface area contributed by atoms with E-state index in [-0.39, 0.29) is 24.0 Å². The van der Waals surface area contributed by atoms with Crippen molar-refractivity contribution in [3.05, 3.63) is 0 Å². The molecule has 1 atom stereocenters. The molecule has 0 bridgehead atoms. The summed E-state index contributed by atoms with van der Waals surface area (Å²) in [5, 5.41) is 6.82. The van der Waals surface area contributed by atoms with Gasteiger partial charge in [-0.15, -0.1) is 24.0 Å². The lowest BCUT2D eigenvalue weighted by Gasteiger charge is -2.18. The molecule has 19 heavy (non-hydrogen) atoms. The van der Waals surface area contributed by atoms with Crippen molar-refractivity contribution < 1.29 is 0 Å². The van der Waals surface area contributed by atoms with Gasteiger partial charge in [-0.2, -0.15) is 11.8 Å². The van der Waals surface area contributed by atoms with Crippen LogP contribution in [0.15, 0.2) is 4.99 Å². The first-order valence-electron chi connectivity index (χ1n) is 7.06. The molecule has 0 spiro atoms. The molecule has 116 valence electrons. The molecule has 0 radical (unpaired) electrons. The first kappa shape index (κ1) is 21.6. The van der Waals surface area contributed by atoms with Gasteiger partial charge in [-0.25, -0.2) is 0 Å². The van der Waals surface area contributed by atoms with Crippen molar-refractivity contribution in [2.45, 2.75) is 52.5 Å². The molecule has 2 N–H and O–H groups in total. The van der Waals surface area contributed by atoms with E-state index < -0.39 is 0 Å². The number of rotatable bonds is 9. The number of guanidine groups is 1. The van der Waals surface area contributed by atoms with Crippen LogP contribution >= 0.6 is 35.7 Å². The maximum atomic E-state index is 4.26. The monoisotopic (exact) mass is 401 g/mol. The Bertz CT molecular complexity index is 223. The van der Waals surface area contributed by atoms with Crippen LogP contribution in [0.1, 0.15) is 46.5 Å². The zero-order valence-corrected chi connectivity index (χ0v) is 16.3. The fraction of sp³-hybridized carbons (Fsp3) is 0.929. The highest BCUT2D eigenvalue weighted by molar-refractivity contribution is 14.0. The molecule has 0 aromatic carbocycles. The summed E-state index contributed by atoms with van der Waals surface area (Å²) < 4.78 is 0. The molecular formula is C14H32IN3S. The third-order valence-electron chi connectivity index (χ3n) is 2.85. The summed E-state index contributed by atoms with van der Waals surface area (Å²) in [6, 6.07) is 0.491. The summed E-state index contributed by atoms with van der Waals surface area (Å²) in [5.74, 6) is 2.96. The third kappa shape index (κ3) is 14.6. The van der Waals surface area contributed by atoms with E-state index in [0.717, 1.165) is 18.4 Å². The molecule has 0 aromatic rings. The summed E-state index contributed by atoms with van der Waals surface area (Å²) in [4.78, 5) is 4.26. The minimum Gasteiger partial charge on any atom is -0.356 e. The smallest absolute Gasteiger partial charge is 0.191 e. The van der Waals surface area contributed by atoms with Crippen molar-refractivity contribution in [3.8, 4) is 0 Å². The Morgan fingerprint density at radius 2 is 1.84 bits per heavy atom. The standard InChI is InChI=1S/C14H31N3S.HI/c1-12(2)8-9-13(3)17-14(15-4)16-10-6-7-11-18-5;/h12-13H,6-11H2,1-5H3,(H2,15,16,17);1H. The maximum Gasteiger partial charge on any atom is 0.191 e. The average Bonchev–Trinajstić information content (AvgIpc) is 2.34. The molecule has 0 aliphatic rings. The van der Waals surface area contributed by atoms with Crippen LogP contribution in [0.4, 0.5) is 0 Å². The van der Waals surface area contributed by atoms with E-state index in [1.54, 1.807) is 0 Å². The lowest BCUT2D eigenvalue weighted by atomic mass is 10.0. The molecular weight excluding hydrogens is 369 g/mol. The molecule has 0 heterocycles. The summed E-state index contributed by atoms with van der Waals surface area (Å²) in [7, 11) is 1.84. The van der Waals surface area contributed by atoms with Crippen LogP contribution in [0.5, 0.6) is 0 Å². The molecule has 0 amide bonds. The zero-order chi connectivity index (χ0) is 13.8. The van der Waals surface area contributed by atoms with Gasteiger partial charge in [-0.1, -0.05) is 13.8 Å². The number of aliphatic imine (C=N–C) groups is 1. The number of hydrogen-bond acceptors (Lipinski definition) is 2. The van der Waals surface area contributed by atoms with Gasteiger partial charge in [-0.3, -0.25) is 4.99 Å². The zero-order valence-electron chi connectivity index (χ0n) is 13.2. The van der Waals surface area contributed by atoms with E-state index in [9.17, 15) is 0 Å². The number of thioether (sulfide) groups is 1. The van der Waals surface area contributed by atoms with Crippen LogP contribution in [0.25, 0.3) is 0 Å². The minimum atomic E-state index is 0. The van der Waals surface area contributed by atoms with Gasteiger partial charge in [0.1, 0.15) is 0 Å². The number of nitrogens with zero attached hydrogens (tertiary/aromatic N) is 1. The van der Waals surface area contributed by atoms with Crippen molar-refractivity contribution in [1.82, 2.24) is 10.6 Å². The minimum absolute atomic E-state index is 0. The molecule has 0 saturated carbocycles. The second kappa shape index (κ2) is 14.8. The number of nitrogens with one attached hydrogen (secondary N) is 2. The van der Waals surface area contributed by atoms with Crippen molar-refractivity contribution in [3.63, 3.8) is 0 Å². The summed E-state index contributed by atoms with van der Waals surface area (Å²) in [5.41, 5.74) is 0. The van der Waals surface area contributed by atoms with Gasteiger partial charge in [-0.05, 0) is 50.5 Å². The van der Waals surface area contributed by atoms with Gasteiger partial charge in [0, 0.05) is 19.6 Å². The fourth-order valence-corrected chi connectivity index (χ4v) is 2.15. The Labute approximate surface area is 141 Å². The highest BCUT2D eigenvalue weighted by Crippen LogP contribution is 2.06. The number of hydrogen-bond donors (Lipinski definition) is 2. The van der Waals surface area contributed by atoms with Gasteiger partial charge < -0.3 is 10.6 Å². The third-order valence-corrected chi connectivity index (χ3v) is 3.55. The number of unbranched alkanes of at least 4 members (excludes halogenated alkanes) is 1. The lowest BCUT2D eigenvalue weighted by molar-refractivity contribution is 0.489. The summed E-state index contributed by atoms with van der Waals surface area (Å²) in [6.07, 6.45) is 7.10. The summed E-state index contributed by atoms with van der Waals surface area (Å²) >= 11 is 1.91. The summed E-state index contributed by atoms with van der Waals surface area (Å²) in [6.45, 7) is 7.77. The largest absolute Gasteiger partial charge is 0.356 e. The molecule has 0 aliphatic carbocycles. The van der Waals surface area contributed by atoms with Gasteiger partial charge in [0.2, 0.25) is 0 Å². The Morgan fingerprint density at radius 1 is 1.16 bits per heavy atom. The van der Waals surface area contributed by atoms with E-state index in [2.05, 4.69) is 42.7 Å². The van der Waals surface area contributed by atoms with Crippen LogP contribution in [0.2, 0.25) is 0 Å². The molecule has 0 fully saturated rings. The normalized spacial score (nSPS) is 13.1. The Kier molecular flexibility index (Phi) is 16.8. The Balaban J connectivity index is 0. The van der Waals surface area contributed by atoms with Gasteiger partial charge >= 0.3 is 0 Å². The lowest BCUT2D eigenvalue weighted by Crippen LogP contribution is -2.42. The topological polar surface area (TPSA) is 36.4 Å². The molecule has 3 nitrogen and oxygen atoms in total. The first-order chi connectivity index (χ1) is 8.60. The van der Waals surface area contributed by atoms with E-state index in [0.29, 0.717) is 6.04 Å². The van der Waals surface area contributed by atoms with Crippen LogP contribution in [-0.2, 0) is 0 Å². The van der Waals surface area contributed by atoms with Gasteiger partial charge in [0.05, 0.1) is 0 Å². The molecule has 5 heteroatoms. The predicted octanol–water partition coefficient (Wildman–Crippen LogP) is 3.74. The highest BCUT2D eigenvalue weighted by Gasteiger charge is 2.05. The quantitative estimate of drug-likeness (QED) is 0.268. The van der Waals surface area contributed by atoms with E-state index in [1.165, 1.54) is 31.4 Å². The van der Waals surface area contributed by atoms with Gasteiger partial charge in [0.25, 0.3) is 0 Å². The highest BCUT2D eigenvalue weighted by atomic mass is 127. The van der Waals surface area contributed by atoms with Crippen LogP contribution < -0.4 is 10.6 Å². The molecule has 0 aliphatic heterocycles. The van der Waals surface area contributed by atoms with Crippen molar-refractivity contribution >= 4 is 41.7 Å². The molecule has 0 rings (SSSR count). The first-order valence-corrected chi connectivity index (χ1v) is 8.45. The number of halogens is 1. The maximum absolute atomic E-state index is 4.26. The van der Waals surface area contributed by atoms with Crippen molar-refractivity contribution in [2.75, 3.05) is 25.6 Å². The van der Waals surface area contributed by atoms with Crippen LogP contribution in [-0.4, -0.2) is 37.6 Å². The SMILES string of the molecule is CN=C(NCCCCSC)NC(C)CCC(C)C.I. The Morgan fingerprint density at radius 3 is 2.37 bits per heavy atom. The van der Waals surface area contributed by atoms with Crippen molar-refractivity contribution in [2.24, 2.45) is 10.9 Å². The molecule has 1 unspecified atom stereocenters. The van der Waals surface area contributed by atoms with Crippen molar-refractivity contribution in [1.29, 1.82) is 0 Å². The average molecular weight is 401 g/mol. The van der Waals surface area contributed by atoms with Gasteiger partial charge in [0.15, 0.2) is 5.96 Å². The van der Waals surface area contributed by atoms with E-state index >= 15 is 0 Å². The predicted molar refractivity (Wildman–Crippen MR) is 101 cm³/mol.